The molecule has 1 aromatic heterocycles. The Bertz CT molecular complexity index is 949. The molecule has 0 saturated heterocycles. The van der Waals surface area contributed by atoms with Crippen molar-refractivity contribution in [3.05, 3.63) is 70.7 Å². The Morgan fingerprint density at radius 3 is 2.54 bits per heavy atom. The molecule has 0 bridgehead atoms. The van der Waals surface area contributed by atoms with Gasteiger partial charge in [-0.2, -0.15) is 0 Å². The zero-order chi connectivity index (χ0) is 18.5. The number of amides is 2. The van der Waals surface area contributed by atoms with Gasteiger partial charge < -0.3 is 10.6 Å². The molecule has 0 radical (unpaired) electrons. The molecule has 6 heteroatoms. The van der Waals surface area contributed by atoms with Gasteiger partial charge in [0.25, 0.3) is 5.91 Å². The van der Waals surface area contributed by atoms with Gasteiger partial charge >= 0.3 is 0 Å². The standard InChI is InChI=1S/C20H19N3O2S/c1-13-5-3-7-16(9-13)17-8-4-6-15(10-17)11-21-19(25)18-12-26-20(23-18)22-14(2)24/h3-10,12H,11H2,1-2H3,(H,21,25)(H,22,23,24). The van der Waals surface area contributed by atoms with Gasteiger partial charge in [-0.05, 0) is 29.7 Å². The lowest BCUT2D eigenvalue weighted by atomic mass is 10.0. The van der Waals surface area contributed by atoms with Gasteiger partial charge in [-0.25, -0.2) is 4.98 Å². The first-order valence-electron chi connectivity index (χ1n) is 8.18. The van der Waals surface area contributed by atoms with Gasteiger partial charge in [-0.1, -0.05) is 48.0 Å². The van der Waals surface area contributed by atoms with E-state index in [1.54, 1.807) is 5.38 Å². The molecule has 26 heavy (non-hydrogen) atoms. The van der Waals surface area contributed by atoms with Crippen molar-refractivity contribution in [1.82, 2.24) is 10.3 Å². The number of carbonyl (C=O) groups excluding carboxylic acids is 2. The van der Waals surface area contributed by atoms with Crippen molar-refractivity contribution < 1.29 is 9.59 Å². The van der Waals surface area contributed by atoms with E-state index in [1.807, 2.05) is 18.2 Å². The maximum atomic E-state index is 12.2. The lowest BCUT2D eigenvalue weighted by molar-refractivity contribution is -0.114. The van der Waals surface area contributed by atoms with Crippen LogP contribution in [-0.2, 0) is 11.3 Å². The van der Waals surface area contributed by atoms with Gasteiger partial charge in [-0.3, -0.25) is 9.59 Å². The van der Waals surface area contributed by atoms with E-state index < -0.39 is 0 Å². The van der Waals surface area contributed by atoms with Gasteiger partial charge in [0.15, 0.2) is 5.13 Å². The third-order valence-corrected chi connectivity index (χ3v) is 4.51. The number of carbonyl (C=O) groups is 2. The first kappa shape index (κ1) is 17.8. The summed E-state index contributed by atoms with van der Waals surface area (Å²) in [7, 11) is 0. The van der Waals surface area contributed by atoms with E-state index in [1.165, 1.54) is 23.8 Å². The molecule has 1 heterocycles. The van der Waals surface area contributed by atoms with Crippen LogP contribution in [0.5, 0.6) is 0 Å². The number of nitrogens with zero attached hydrogens (tertiary/aromatic N) is 1. The summed E-state index contributed by atoms with van der Waals surface area (Å²) in [6.45, 7) is 3.88. The van der Waals surface area contributed by atoms with Crippen molar-refractivity contribution in [3.8, 4) is 11.1 Å². The minimum absolute atomic E-state index is 0.209. The number of aromatic nitrogens is 1. The third kappa shape index (κ3) is 4.55. The van der Waals surface area contributed by atoms with Crippen LogP contribution < -0.4 is 10.6 Å². The van der Waals surface area contributed by atoms with Gasteiger partial charge in [0.1, 0.15) is 5.69 Å². The highest BCUT2D eigenvalue weighted by atomic mass is 32.1. The second-order valence-electron chi connectivity index (χ2n) is 5.97. The van der Waals surface area contributed by atoms with Crippen molar-refractivity contribution in [2.24, 2.45) is 0 Å². The lowest BCUT2D eigenvalue weighted by Gasteiger charge is -2.07. The Balaban J connectivity index is 1.66. The number of aryl methyl sites for hydroxylation is 1. The van der Waals surface area contributed by atoms with Crippen LogP contribution in [0.2, 0.25) is 0 Å². The summed E-state index contributed by atoms with van der Waals surface area (Å²) >= 11 is 1.23. The number of anilines is 1. The van der Waals surface area contributed by atoms with Crippen molar-refractivity contribution in [2.75, 3.05) is 5.32 Å². The minimum Gasteiger partial charge on any atom is -0.347 e. The van der Waals surface area contributed by atoms with Crippen LogP contribution in [0, 0.1) is 6.92 Å². The van der Waals surface area contributed by atoms with E-state index >= 15 is 0 Å². The summed E-state index contributed by atoms with van der Waals surface area (Å²) in [5, 5.41) is 7.49. The minimum atomic E-state index is -0.265. The summed E-state index contributed by atoms with van der Waals surface area (Å²) in [6, 6.07) is 16.4. The first-order chi connectivity index (χ1) is 12.5. The second kappa shape index (κ2) is 7.93. The summed E-state index contributed by atoms with van der Waals surface area (Å²) < 4.78 is 0. The molecule has 2 aromatic carbocycles. The van der Waals surface area contributed by atoms with Gasteiger partial charge in [0, 0.05) is 18.8 Å². The maximum Gasteiger partial charge on any atom is 0.271 e. The predicted octanol–water partition coefficient (Wildman–Crippen LogP) is 4.01. The van der Waals surface area contributed by atoms with E-state index in [4.69, 9.17) is 0 Å². The highest BCUT2D eigenvalue weighted by Gasteiger charge is 2.11. The average molecular weight is 365 g/mol. The van der Waals surface area contributed by atoms with Crippen LogP contribution >= 0.6 is 11.3 Å². The van der Waals surface area contributed by atoms with E-state index in [0.29, 0.717) is 17.4 Å². The van der Waals surface area contributed by atoms with Crippen molar-refractivity contribution in [3.63, 3.8) is 0 Å². The zero-order valence-corrected chi connectivity index (χ0v) is 15.4. The molecule has 5 nitrogen and oxygen atoms in total. The molecule has 0 saturated carbocycles. The highest BCUT2D eigenvalue weighted by molar-refractivity contribution is 7.14. The fourth-order valence-corrected chi connectivity index (χ4v) is 3.28. The van der Waals surface area contributed by atoms with Crippen LogP contribution in [0.4, 0.5) is 5.13 Å². The van der Waals surface area contributed by atoms with Gasteiger partial charge in [-0.15, -0.1) is 11.3 Å². The Morgan fingerprint density at radius 1 is 1.08 bits per heavy atom. The number of nitrogens with one attached hydrogen (secondary N) is 2. The maximum absolute atomic E-state index is 12.2. The quantitative estimate of drug-likeness (QED) is 0.718. The molecule has 0 aliphatic rings. The number of rotatable bonds is 5. The highest BCUT2D eigenvalue weighted by Crippen LogP contribution is 2.21. The molecular weight excluding hydrogens is 346 g/mol. The fraction of sp³-hybridized carbons (Fsp3) is 0.150. The number of hydrogen-bond acceptors (Lipinski definition) is 4. The topological polar surface area (TPSA) is 71.1 Å². The number of benzene rings is 2. The van der Waals surface area contributed by atoms with Crippen LogP contribution in [0.25, 0.3) is 11.1 Å². The lowest BCUT2D eigenvalue weighted by Crippen LogP contribution is -2.23. The molecule has 0 fully saturated rings. The van der Waals surface area contributed by atoms with Gasteiger partial charge in [0.05, 0.1) is 0 Å². The predicted molar refractivity (Wildman–Crippen MR) is 104 cm³/mol. The van der Waals surface area contributed by atoms with Crippen LogP contribution in [-0.4, -0.2) is 16.8 Å². The molecule has 0 atom stereocenters. The average Bonchev–Trinajstić information content (AvgIpc) is 3.08. The summed E-state index contributed by atoms with van der Waals surface area (Å²) in [4.78, 5) is 27.4. The molecule has 2 amide bonds. The number of hydrogen-bond donors (Lipinski definition) is 2. The third-order valence-electron chi connectivity index (χ3n) is 3.75. The molecule has 2 N–H and O–H groups in total. The fourth-order valence-electron chi connectivity index (χ4n) is 2.54. The molecule has 0 spiro atoms. The Morgan fingerprint density at radius 2 is 1.81 bits per heavy atom. The first-order valence-corrected chi connectivity index (χ1v) is 9.06. The monoisotopic (exact) mass is 365 g/mol. The Kier molecular flexibility index (Phi) is 5.43. The summed E-state index contributed by atoms with van der Waals surface area (Å²) in [5.41, 5.74) is 4.78. The van der Waals surface area contributed by atoms with Crippen molar-refractivity contribution >= 4 is 28.3 Å². The summed E-state index contributed by atoms with van der Waals surface area (Å²) in [5.74, 6) is -0.474. The van der Waals surface area contributed by atoms with E-state index in [2.05, 4.69) is 52.9 Å². The summed E-state index contributed by atoms with van der Waals surface area (Å²) in [6.07, 6.45) is 0. The zero-order valence-electron chi connectivity index (χ0n) is 14.6. The van der Waals surface area contributed by atoms with Gasteiger partial charge in [0.2, 0.25) is 5.91 Å². The van der Waals surface area contributed by atoms with Crippen molar-refractivity contribution in [2.45, 2.75) is 20.4 Å². The Labute approximate surface area is 156 Å². The smallest absolute Gasteiger partial charge is 0.271 e. The van der Waals surface area contributed by atoms with Crippen molar-refractivity contribution in [1.29, 1.82) is 0 Å². The van der Waals surface area contributed by atoms with E-state index in [9.17, 15) is 9.59 Å². The molecule has 3 rings (SSSR count). The molecule has 0 aliphatic heterocycles. The largest absolute Gasteiger partial charge is 0.347 e. The normalized spacial score (nSPS) is 10.4. The van der Waals surface area contributed by atoms with Crippen LogP contribution in [0.3, 0.4) is 0 Å². The number of thiazole rings is 1. The molecule has 0 unspecified atom stereocenters. The molecule has 132 valence electrons. The SMILES string of the molecule is CC(=O)Nc1nc(C(=O)NCc2cccc(-c3cccc(C)c3)c2)cs1. The van der Waals surface area contributed by atoms with E-state index in [0.717, 1.165) is 16.7 Å². The molecular formula is C20H19N3O2S. The van der Waals surface area contributed by atoms with Crippen LogP contribution in [0.1, 0.15) is 28.5 Å². The molecule has 3 aromatic rings. The van der Waals surface area contributed by atoms with E-state index in [-0.39, 0.29) is 11.8 Å². The molecule has 0 aliphatic carbocycles. The Hall–Kier alpha value is -2.99. The van der Waals surface area contributed by atoms with Crippen LogP contribution in [0.15, 0.2) is 53.9 Å². The second-order valence-corrected chi connectivity index (χ2v) is 6.83.